The van der Waals surface area contributed by atoms with Crippen LogP contribution in [0.15, 0.2) is 34.9 Å². The number of hydrogen-bond acceptors (Lipinski definition) is 6. The molecule has 2 unspecified atom stereocenters. The van der Waals surface area contributed by atoms with Crippen molar-refractivity contribution in [2.24, 2.45) is 5.41 Å². The van der Waals surface area contributed by atoms with Crippen LogP contribution in [0.3, 0.4) is 0 Å². The molecular weight excluding hydrogens is 436 g/mol. The summed E-state index contributed by atoms with van der Waals surface area (Å²) < 4.78 is 33.0. The Morgan fingerprint density at radius 1 is 1.38 bits per heavy atom. The fraction of sp³-hybridized carbons (Fsp3) is 0.476. The molecular formula is C21H28N4O6S. The minimum atomic E-state index is -4.25. The van der Waals surface area contributed by atoms with Gasteiger partial charge in [0.15, 0.2) is 0 Å². The Morgan fingerprint density at radius 3 is 2.62 bits per heavy atom. The van der Waals surface area contributed by atoms with Gasteiger partial charge < -0.3 is 20.7 Å². The summed E-state index contributed by atoms with van der Waals surface area (Å²) in [7, 11) is -2.93. The third-order valence-corrected chi connectivity index (χ3v) is 7.41. The first-order valence-corrected chi connectivity index (χ1v) is 11.8. The van der Waals surface area contributed by atoms with E-state index < -0.39 is 27.5 Å². The molecule has 0 bridgehead atoms. The largest absolute Gasteiger partial charge is 0.495 e. The maximum atomic E-state index is 12.9. The second-order valence-corrected chi connectivity index (χ2v) is 9.69. The van der Waals surface area contributed by atoms with Crippen molar-refractivity contribution in [3.63, 3.8) is 0 Å². The van der Waals surface area contributed by atoms with E-state index in [0.717, 1.165) is 18.4 Å². The summed E-state index contributed by atoms with van der Waals surface area (Å²) in [6, 6.07) is 2.95. The van der Waals surface area contributed by atoms with Gasteiger partial charge in [0.05, 0.1) is 18.6 Å². The SMILES string of the molecule is CCC1(CC(NC=O)c2ccc(OC)c(S(=O)(=O)NC(=O)NC3CC3)c2)C(=O)NC=C1C. The van der Waals surface area contributed by atoms with Gasteiger partial charge in [-0.1, -0.05) is 13.0 Å². The summed E-state index contributed by atoms with van der Waals surface area (Å²) in [5, 5.41) is 7.98. The van der Waals surface area contributed by atoms with Crippen LogP contribution < -0.4 is 25.4 Å². The van der Waals surface area contributed by atoms with Gasteiger partial charge in [0.25, 0.3) is 10.0 Å². The van der Waals surface area contributed by atoms with Crippen LogP contribution in [0.4, 0.5) is 4.79 Å². The molecule has 4 amide bonds. The summed E-state index contributed by atoms with van der Waals surface area (Å²) in [6.07, 6.45) is 4.52. The smallest absolute Gasteiger partial charge is 0.328 e. The molecule has 32 heavy (non-hydrogen) atoms. The molecule has 1 saturated carbocycles. The van der Waals surface area contributed by atoms with E-state index in [-0.39, 0.29) is 29.0 Å². The van der Waals surface area contributed by atoms with Gasteiger partial charge in [-0.3, -0.25) is 9.59 Å². The van der Waals surface area contributed by atoms with Gasteiger partial charge in [-0.25, -0.2) is 17.9 Å². The molecule has 0 aromatic heterocycles. The van der Waals surface area contributed by atoms with Crippen LogP contribution in [0.25, 0.3) is 0 Å². The van der Waals surface area contributed by atoms with E-state index in [2.05, 4.69) is 16.0 Å². The van der Waals surface area contributed by atoms with Crippen LogP contribution >= 0.6 is 0 Å². The van der Waals surface area contributed by atoms with Crippen molar-refractivity contribution in [2.75, 3.05) is 7.11 Å². The van der Waals surface area contributed by atoms with Crippen molar-refractivity contribution in [1.82, 2.24) is 20.7 Å². The number of nitrogens with one attached hydrogen (secondary N) is 4. The van der Waals surface area contributed by atoms with Gasteiger partial charge in [0, 0.05) is 12.2 Å². The number of hydrogen-bond donors (Lipinski definition) is 4. The van der Waals surface area contributed by atoms with Crippen LogP contribution in [0, 0.1) is 5.41 Å². The molecule has 0 saturated heterocycles. The summed E-state index contributed by atoms with van der Waals surface area (Å²) in [6.45, 7) is 3.72. The third-order valence-electron chi connectivity index (χ3n) is 6.05. The van der Waals surface area contributed by atoms with Crippen LogP contribution in [0.5, 0.6) is 5.75 Å². The number of urea groups is 1. The monoisotopic (exact) mass is 464 g/mol. The molecule has 4 N–H and O–H groups in total. The number of amides is 4. The summed E-state index contributed by atoms with van der Waals surface area (Å²) in [5.74, 6) is -0.125. The highest BCUT2D eigenvalue weighted by Gasteiger charge is 2.44. The van der Waals surface area contributed by atoms with E-state index in [1.54, 1.807) is 12.3 Å². The van der Waals surface area contributed by atoms with Gasteiger partial charge in [-0.15, -0.1) is 0 Å². The summed E-state index contributed by atoms with van der Waals surface area (Å²) >= 11 is 0. The van der Waals surface area contributed by atoms with Gasteiger partial charge in [-0.05, 0) is 55.9 Å². The molecule has 0 spiro atoms. The van der Waals surface area contributed by atoms with Gasteiger partial charge in [0.2, 0.25) is 12.3 Å². The molecule has 0 radical (unpaired) electrons. The molecule has 1 aromatic carbocycles. The average Bonchev–Trinajstić information content (AvgIpc) is 3.52. The molecule has 2 aliphatic rings. The van der Waals surface area contributed by atoms with E-state index in [4.69, 9.17) is 4.74 Å². The fourth-order valence-corrected chi connectivity index (χ4v) is 5.03. The predicted octanol–water partition coefficient (Wildman–Crippen LogP) is 1.45. The molecule has 1 heterocycles. The first kappa shape index (κ1) is 23.6. The lowest BCUT2D eigenvalue weighted by molar-refractivity contribution is -0.128. The van der Waals surface area contributed by atoms with Crippen molar-refractivity contribution in [3.05, 3.63) is 35.5 Å². The normalized spacial score (nSPS) is 21.2. The molecule has 1 aliphatic carbocycles. The molecule has 1 aromatic rings. The van der Waals surface area contributed by atoms with Crippen LogP contribution in [-0.2, 0) is 19.6 Å². The third kappa shape index (κ3) is 4.72. The van der Waals surface area contributed by atoms with Gasteiger partial charge in [0.1, 0.15) is 10.6 Å². The van der Waals surface area contributed by atoms with Crippen molar-refractivity contribution in [3.8, 4) is 5.75 Å². The topological polar surface area (TPSA) is 143 Å². The fourth-order valence-electron chi connectivity index (χ4n) is 3.91. The Kier molecular flexibility index (Phi) is 6.77. The number of carbonyl (C=O) groups excluding carboxylic acids is 3. The minimum Gasteiger partial charge on any atom is -0.495 e. The second-order valence-electron chi connectivity index (χ2n) is 8.04. The number of ether oxygens (including phenoxy) is 1. The maximum absolute atomic E-state index is 12.9. The first-order chi connectivity index (χ1) is 15.2. The van der Waals surface area contributed by atoms with Gasteiger partial charge in [-0.2, -0.15) is 0 Å². The lowest BCUT2D eigenvalue weighted by Gasteiger charge is -2.31. The van der Waals surface area contributed by atoms with Crippen molar-refractivity contribution >= 4 is 28.4 Å². The summed E-state index contributed by atoms with van der Waals surface area (Å²) in [5.41, 5.74) is 0.464. The Bertz CT molecular complexity index is 1050. The highest BCUT2D eigenvalue weighted by atomic mass is 32.2. The number of sulfonamides is 1. The van der Waals surface area contributed by atoms with Crippen LogP contribution in [0.2, 0.25) is 0 Å². The van der Waals surface area contributed by atoms with Crippen molar-refractivity contribution in [1.29, 1.82) is 0 Å². The van der Waals surface area contributed by atoms with Crippen molar-refractivity contribution in [2.45, 2.75) is 56.5 Å². The molecule has 1 aliphatic heterocycles. The van der Waals surface area contributed by atoms with Crippen LogP contribution in [0.1, 0.15) is 51.1 Å². The van der Waals surface area contributed by atoms with E-state index in [1.807, 2.05) is 18.6 Å². The minimum absolute atomic E-state index is 0.0151. The molecule has 1 fully saturated rings. The highest BCUT2D eigenvalue weighted by molar-refractivity contribution is 7.90. The zero-order valence-corrected chi connectivity index (χ0v) is 19.0. The Morgan fingerprint density at radius 2 is 2.09 bits per heavy atom. The standard InChI is InChI=1S/C21H28N4O6S/c1-4-21(13(2)11-22-19(21)27)10-16(23-12-26)14-5-8-17(31-3)18(9-14)32(29,30)25-20(28)24-15-6-7-15/h5,8-9,11-12,15-16H,4,6-7,10H2,1-3H3,(H,22,27)(H,23,26)(H2,24,25,28). The molecule has 3 rings (SSSR count). The van der Waals surface area contributed by atoms with Crippen LogP contribution in [-0.4, -0.2) is 39.9 Å². The Balaban J connectivity index is 1.95. The number of carbonyl (C=O) groups is 3. The lowest BCUT2D eigenvalue weighted by atomic mass is 9.73. The first-order valence-electron chi connectivity index (χ1n) is 10.4. The highest BCUT2D eigenvalue weighted by Crippen LogP contribution is 2.43. The van der Waals surface area contributed by atoms with E-state index >= 15 is 0 Å². The number of benzene rings is 1. The zero-order valence-electron chi connectivity index (χ0n) is 18.2. The predicted molar refractivity (Wildman–Crippen MR) is 116 cm³/mol. The molecule has 2 atom stereocenters. The molecule has 11 heteroatoms. The van der Waals surface area contributed by atoms with Crippen molar-refractivity contribution < 1.29 is 27.5 Å². The van der Waals surface area contributed by atoms with E-state index in [9.17, 15) is 22.8 Å². The number of methoxy groups -OCH3 is 1. The van der Waals surface area contributed by atoms with E-state index in [0.29, 0.717) is 18.4 Å². The maximum Gasteiger partial charge on any atom is 0.328 e. The molecule has 174 valence electrons. The summed E-state index contributed by atoms with van der Waals surface area (Å²) in [4.78, 5) is 35.7. The second kappa shape index (κ2) is 9.19. The Hall–Kier alpha value is -3.08. The lowest BCUT2D eigenvalue weighted by Crippen LogP contribution is -2.40. The Labute approximate surface area is 187 Å². The quantitative estimate of drug-likeness (QED) is 0.386. The van der Waals surface area contributed by atoms with E-state index in [1.165, 1.54) is 19.2 Å². The number of rotatable bonds is 10. The molecule has 10 nitrogen and oxygen atoms in total. The average molecular weight is 465 g/mol. The van der Waals surface area contributed by atoms with Gasteiger partial charge >= 0.3 is 6.03 Å². The zero-order chi connectivity index (χ0) is 23.5.